The van der Waals surface area contributed by atoms with Crippen molar-refractivity contribution in [1.82, 2.24) is 5.32 Å². The highest BCUT2D eigenvalue weighted by molar-refractivity contribution is 8.18. The number of carbonyl (C=O) groups is 3. The molecule has 0 atom stereocenters. The van der Waals surface area contributed by atoms with Crippen LogP contribution in [0, 0.1) is 0 Å². The first-order chi connectivity index (χ1) is 13.1. The van der Waals surface area contributed by atoms with Gasteiger partial charge in [0.15, 0.2) is 0 Å². The molecule has 1 saturated heterocycles. The number of hydrogen-bond donors (Lipinski definition) is 1. The third-order valence-electron chi connectivity index (χ3n) is 4.02. The molecule has 1 heterocycles. The van der Waals surface area contributed by atoms with E-state index in [-0.39, 0.29) is 0 Å². The number of amides is 2. The van der Waals surface area contributed by atoms with E-state index >= 15 is 0 Å². The van der Waals surface area contributed by atoms with Gasteiger partial charge >= 0.3 is 5.97 Å². The molecule has 0 unspecified atom stereocenters. The summed E-state index contributed by atoms with van der Waals surface area (Å²) in [7, 11) is 0. The molecule has 1 aliphatic heterocycles. The lowest BCUT2D eigenvalue weighted by atomic mass is 10.0. The van der Waals surface area contributed by atoms with E-state index in [1.807, 2.05) is 36.4 Å². The fourth-order valence-electron chi connectivity index (χ4n) is 2.81. The minimum absolute atomic E-state index is 0.303. The van der Waals surface area contributed by atoms with Crippen LogP contribution in [-0.4, -0.2) is 17.1 Å². The Balaban J connectivity index is 1.60. The summed E-state index contributed by atoms with van der Waals surface area (Å²) in [4.78, 5) is 35.8. The molecule has 4 rings (SSSR count). The highest BCUT2D eigenvalue weighted by atomic mass is 32.2. The molecule has 27 heavy (non-hydrogen) atoms. The largest absolute Gasteiger partial charge is 0.423 e. The summed E-state index contributed by atoms with van der Waals surface area (Å²) in [5.41, 5.74) is 1.14. The average molecular weight is 375 g/mol. The van der Waals surface area contributed by atoms with Crippen LogP contribution in [0.5, 0.6) is 5.75 Å². The molecule has 3 aromatic rings. The van der Waals surface area contributed by atoms with Gasteiger partial charge in [0.05, 0.1) is 10.5 Å². The van der Waals surface area contributed by atoms with E-state index in [0.717, 1.165) is 22.5 Å². The van der Waals surface area contributed by atoms with E-state index in [1.165, 1.54) is 0 Å². The molecular formula is C21H13NO4S. The first kappa shape index (κ1) is 17.1. The Bertz CT molecular complexity index is 1110. The normalized spacial score (nSPS) is 15.2. The molecular weight excluding hydrogens is 362 g/mol. The highest BCUT2D eigenvalue weighted by Crippen LogP contribution is 2.27. The third kappa shape index (κ3) is 3.61. The second kappa shape index (κ2) is 7.09. The lowest BCUT2D eigenvalue weighted by Gasteiger charge is -2.08. The van der Waals surface area contributed by atoms with Crippen LogP contribution in [0.3, 0.4) is 0 Å². The van der Waals surface area contributed by atoms with Gasteiger partial charge < -0.3 is 4.74 Å². The zero-order valence-electron chi connectivity index (χ0n) is 14.0. The molecule has 132 valence electrons. The Labute approximate surface area is 159 Å². The van der Waals surface area contributed by atoms with Gasteiger partial charge in [-0.1, -0.05) is 48.5 Å². The lowest BCUT2D eigenvalue weighted by molar-refractivity contribution is -0.115. The Kier molecular flexibility index (Phi) is 4.48. The monoisotopic (exact) mass is 375 g/mol. The van der Waals surface area contributed by atoms with Gasteiger partial charge in [0.1, 0.15) is 5.75 Å². The summed E-state index contributed by atoms with van der Waals surface area (Å²) < 4.78 is 5.52. The molecule has 0 radical (unpaired) electrons. The van der Waals surface area contributed by atoms with Crippen molar-refractivity contribution in [3.63, 3.8) is 0 Å². The predicted octanol–water partition coefficient (Wildman–Crippen LogP) is 4.38. The second-order valence-electron chi connectivity index (χ2n) is 5.84. The van der Waals surface area contributed by atoms with Crippen molar-refractivity contribution < 1.29 is 19.1 Å². The number of esters is 1. The van der Waals surface area contributed by atoms with Gasteiger partial charge in [0.2, 0.25) is 0 Å². The van der Waals surface area contributed by atoms with Crippen LogP contribution in [0.4, 0.5) is 4.79 Å². The van der Waals surface area contributed by atoms with Gasteiger partial charge in [0, 0.05) is 0 Å². The smallest absolute Gasteiger partial charge is 0.344 e. The van der Waals surface area contributed by atoms with Crippen molar-refractivity contribution in [1.29, 1.82) is 0 Å². The zero-order valence-corrected chi connectivity index (χ0v) is 14.8. The fourth-order valence-corrected chi connectivity index (χ4v) is 3.49. The maximum absolute atomic E-state index is 12.6. The number of imide groups is 1. The van der Waals surface area contributed by atoms with Crippen LogP contribution >= 0.6 is 11.8 Å². The van der Waals surface area contributed by atoms with Gasteiger partial charge in [-0.15, -0.1) is 0 Å². The Morgan fingerprint density at radius 2 is 1.74 bits per heavy atom. The number of benzene rings is 3. The van der Waals surface area contributed by atoms with Crippen molar-refractivity contribution in [3.05, 3.63) is 82.8 Å². The molecule has 0 aliphatic carbocycles. The molecule has 0 aromatic heterocycles. The molecule has 0 bridgehead atoms. The predicted molar refractivity (Wildman–Crippen MR) is 104 cm³/mol. The fraction of sp³-hybridized carbons (Fsp3) is 0. The lowest BCUT2D eigenvalue weighted by Crippen LogP contribution is -2.17. The summed E-state index contributed by atoms with van der Waals surface area (Å²) in [6, 6.07) is 19.9. The van der Waals surface area contributed by atoms with E-state index in [2.05, 4.69) is 5.32 Å². The maximum atomic E-state index is 12.6. The standard InChI is InChI=1S/C21H13NO4S/c23-19-18(27-21(25)22-19)12-13-5-3-8-15(11-13)26-20(24)17-10-4-7-14-6-1-2-9-16(14)17/h1-12H,(H,22,23,25)/b18-12-. The first-order valence-electron chi connectivity index (χ1n) is 8.15. The van der Waals surface area contributed by atoms with Crippen LogP contribution in [0.25, 0.3) is 16.8 Å². The van der Waals surface area contributed by atoms with Crippen LogP contribution in [0.15, 0.2) is 71.6 Å². The molecule has 0 spiro atoms. The quantitative estimate of drug-likeness (QED) is 0.418. The van der Waals surface area contributed by atoms with Crippen molar-refractivity contribution in [2.75, 3.05) is 0 Å². The third-order valence-corrected chi connectivity index (χ3v) is 4.83. The molecule has 3 aromatic carbocycles. The minimum Gasteiger partial charge on any atom is -0.423 e. The number of ether oxygens (including phenoxy) is 1. The zero-order chi connectivity index (χ0) is 18.8. The molecule has 5 nitrogen and oxygen atoms in total. The van der Waals surface area contributed by atoms with Crippen LogP contribution < -0.4 is 10.1 Å². The number of carbonyl (C=O) groups excluding carboxylic acids is 3. The Morgan fingerprint density at radius 3 is 2.56 bits per heavy atom. The van der Waals surface area contributed by atoms with Crippen molar-refractivity contribution in [2.24, 2.45) is 0 Å². The number of nitrogens with one attached hydrogen (secondary N) is 1. The van der Waals surface area contributed by atoms with Gasteiger partial charge in [-0.3, -0.25) is 14.9 Å². The summed E-state index contributed by atoms with van der Waals surface area (Å²) in [6.45, 7) is 0. The van der Waals surface area contributed by atoms with E-state index in [1.54, 1.807) is 36.4 Å². The van der Waals surface area contributed by atoms with Crippen LogP contribution in [0.2, 0.25) is 0 Å². The topological polar surface area (TPSA) is 72.5 Å². The maximum Gasteiger partial charge on any atom is 0.344 e. The van der Waals surface area contributed by atoms with Crippen molar-refractivity contribution in [2.45, 2.75) is 0 Å². The highest BCUT2D eigenvalue weighted by Gasteiger charge is 2.25. The average Bonchev–Trinajstić information content (AvgIpc) is 2.98. The molecule has 0 saturated carbocycles. The molecule has 2 amide bonds. The van der Waals surface area contributed by atoms with Crippen LogP contribution in [-0.2, 0) is 4.79 Å². The second-order valence-corrected chi connectivity index (χ2v) is 6.86. The van der Waals surface area contributed by atoms with Gasteiger partial charge in [-0.25, -0.2) is 4.79 Å². The molecule has 1 N–H and O–H groups in total. The number of rotatable bonds is 3. The van der Waals surface area contributed by atoms with Crippen molar-refractivity contribution >= 4 is 45.7 Å². The summed E-state index contributed by atoms with van der Waals surface area (Å²) in [6.07, 6.45) is 1.58. The van der Waals surface area contributed by atoms with Gasteiger partial charge in [-0.05, 0) is 52.4 Å². The van der Waals surface area contributed by atoms with E-state index in [4.69, 9.17) is 4.74 Å². The summed E-state index contributed by atoms with van der Waals surface area (Å²) >= 11 is 0.840. The Morgan fingerprint density at radius 1 is 0.963 bits per heavy atom. The summed E-state index contributed by atoms with van der Waals surface area (Å²) in [5.74, 6) is -0.528. The van der Waals surface area contributed by atoms with Gasteiger partial charge in [-0.2, -0.15) is 0 Å². The van der Waals surface area contributed by atoms with Crippen LogP contribution in [0.1, 0.15) is 15.9 Å². The molecule has 1 aliphatic rings. The SMILES string of the molecule is O=C1NC(=O)/C(=C/c2cccc(OC(=O)c3cccc4ccccc34)c2)S1. The van der Waals surface area contributed by atoms with E-state index < -0.39 is 17.1 Å². The van der Waals surface area contributed by atoms with Gasteiger partial charge in [0.25, 0.3) is 11.1 Å². The minimum atomic E-state index is -0.459. The number of fused-ring (bicyclic) bond motifs is 1. The number of thioether (sulfide) groups is 1. The van der Waals surface area contributed by atoms with Crippen molar-refractivity contribution in [3.8, 4) is 5.75 Å². The Hall–Kier alpha value is -3.38. The molecule has 1 fully saturated rings. The summed E-state index contributed by atoms with van der Waals surface area (Å²) in [5, 5.41) is 3.58. The first-order valence-corrected chi connectivity index (χ1v) is 8.97. The number of hydrogen-bond acceptors (Lipinski definition) is 5. The van der Waals surface area contributed by atoms with E-state index in [0.29, 0.717) is 21.8 Å². The molecule has 6 heteroatoms. The van der Waals surface area contributed by atoms with E-state index in [9.17, 15) is 14.4 Å².